The number of carbonyl (C=O) groups excluding carboxylic acids is 1. The number of nitrogens with zero attached hydrogens (tertiary/aromatic N) is 3. The maximum Gasteiger partial charge on any atom is 1.00 e. The zero-order valence-corrected chi connectivity index (χ0v) is 37.8. The van der Waals surface area contributed by atoms with Gasteiger partial charge in [0, 0.05) is 16.7 Å². The van der Waals surface area contributed by atoms with E-state index in [2.05, 4.69) is 45.8 Å². The van der Waals surface area contributed by atoms with E-state index >= 15 is 0 Å². The minimum absolute atomic E-state index is 0. The van der Waals surface area contributed by atoms with Crippen molar-refractivity contribution in [2.24, 2.45) is 0 Å². The number of phenols is 1. The van der Waals surface area contributed by atoms with Gasteiger partial charge in [0.1, 0.15) is 15.8 Å². The number of rotatable bonds is 13. The number of hydrogen-bond donors (Lipinski definition) is 7. The normalized spacial score (nSPS) is 12.2. The quantitative estimate of drug-likeness (QED) is 0.0165. The number of allylic oxidation sites excluding steroid dienone is 2. The summed E-state index contributed by atoms with van der Waals surface area (Å²) in [6.07, 6.45) is 3.66. The zero-order valence-electron chi connectivity index (χ0n) is 26.8. The number of carboxylic acid groups (broad SMARTS) is 2. The van der Waals surface area contributed by atoms with Crippen molar-refractivity contribution >= 4 is 73.8 Å². The predicted molar refractivity (Wildman–Crippen MR) is 161 cm³/mol. The van der Waals surface area contributed by atoms with Crippen molar-refractivity contribution in [2.75, 3.05) is 21.5 Å². The molecule has 1 aliphatic rings. The van der Waals surface area contributed by atoms with Crippen LogP contribution in [0.15, 0.2) is 75.7 Å². The van der Waals surface area contributed by atoms with Crippen molar-refractivity contribution < 1.29 is 212 Å². The Kier molecular flexibility index (Phi) is 18.9. The number of nitrogens with one attached hydrogen (secondary N) is 4. The van der Waals surface area contributed by atoms with Crippen molar-refractivity contribution in [3.05, 3.63) is 71.5 Å². The van der Waals surface area contributed by atoms with Crippen LogP contribution >= 0.6 is 12.0 Å². The van der Waals surface area contributed by atoms with E-state index in [1.165, 1.54) is 36.4 Å². The van der Waals surface area contributed by atoms with Gasteiger partial charge in [0.15, 0.2) is 5.75 Å². The molecule has 5 rings (SSSR count). The van der Waals surface area contributed by atoms with Gasteiger partial charge in [-0.1, -0.05) is 24.3 Å². The van der Waals surface area contributed by atoms with Gasteiger partial charge in [0.2, 0.25) is 11.9 Å². The third-order valence-corrected chi connectivity index (χ3v) is 8.03. The van der Waals surface area contributed by atoms with Crippen LogP contribution in [0.4, 0.5) is 29.0 Å². The second-order valence-corrected chi connectivity index (χ2v) is 11.7. The molecule has 19 nitrogen and oxygen atoms in total. The molecule has 0 fully saturated rings. The third kappa shape index (κ3) is 11.8. The Hall–Kier alpha value is -0.801. The van der Waals surface area contributed by atoms with Gasteiger partial charge in [-0.05, 0) is 48.6 Å². The summed E-state index contributed by atoms with van der Waals surface area (Å²) >= 11 is 0.276. The van der Waals surface area contributed by atoms with Crippen molar-refractivity contribution in [1.82, 2.24) is 15.0 Å². The van der Waals surface area contributed by atoms with Crippen LogP contribution in [0.5, 0.6) is 11.8 Å². The third-order valence-electron chi connectivity index (χ3n) is 6.59. The van der Waals surface area contributed by atoms with E-state index < -0.39 is 44.7 Å². The summed E-state index contributed by atoms with van der Waals surface area (Å²) in [5.74, 6) is -4.18. The Morgan fingerprint density at radius 2 is 1.63 bits per heavy atom. The van der Waals surface area contributed by atoms with Crippen molar-refractivity contribution in [3.63, 3.8) is 0 Å². The first kappa shape index (κ1) is 46.4. The van der Waals surface area contributed by atoms with Gasteiger partial charge in [-0.25, -0.2) is 13.2 Å². The minimum atomic E-state index is -5.13. The van der Waals surface area contributed by atoms with E-state index in [-0.39, 0.29) is 228 Å². The van der Waals surface area contributed by atoms with E-state index in [4.69, 9.17) is 0 Å². The number of hydrogen-bond acceptors (Lipinski definition) is 19. The molecule has 0 amide bonds. The van der Waals surface area contributed by atoms with E-state index in [0.29, 0.717) is 6.42 Å². The molecule has 1 heterocycles. The number of aromatic nitrogens is 3. The van der Waals surface area contributed by atoms with Gasteiger partial charge in [0.05, 0.1) is 44.7 Å². The van der Waals surface area contributed by atoms with Crippen LogP contribution in [0, 0.1) is 0 Å². The van der Waals surface area contributed by atoms with Gasteiger partial charge < -0.3 is 45.7 Å². The minimum Gasteiger partial charge on any atom is -0.744 e. The molecule has 0 bridgehead atoms. The molecule has 7 N–H and O–H groups in total. The maximum atomic E-state index is 12.1. The second-order valence-electron chi connectivity index (χ2n) is 9.59. The van der Waals surface area contributed by atoms with Crippen LogP contribution in [0.3, 0.4) is 0 Å². The monoisotopic (exact) mass is 815 g/mol. The maximum absolute atomic E-state index is 12.1. The number of aromatic carboxylic acids is 1. The predicted octanol–water partition coefficient (Wildman–Crippen LogP) is -7.77. The topological polar surface area (TPSA) is 303 Å². The number of benzene rings is 3. The average molecular weight is 816 g/mol. The summed E-state index contributed by atoms with van der Waals surface area (Å²) in [7, 11) is -5.13. The smallest absolute Gasteiger partial charge is 0.744 e. The number of aliphatic carboxylic acids is 1. The van der Waals surface area contributed by atoms with Gasteiger partial charge in [0.25, 0.3) is 0 Å². The van der Waals surface area contributed by atoms with Gasteiger partial charge in [-0.3, -0.25) is 15.9 Å². The van der Waals surface area contributed by atoms with E-state index in [0.717, 1.165) is 12.1 Å². The zero-order chi connectivity index (χ0) is 34.6. The molecule has 0 spiro atoms. The molecule has 0 saturated heterocycles. The van der Waals surface area contributed by atoms with Crippen molar-refractivity contribution in [1.29, 1.82) is 0 Å². The van der Waals surface area contributed by atoms with Crippen LogP contribution in [-0.2, 0) is 24.3 Å². The molecule has 51 heavy (non-hydrogen) atoms. The molecule has 250 valence electrons. The van der Waals surface area contributed by atoms with Gasteiger partial charge in [-0.15, -0.1) is 0 Å². The summed E-state index contributed by atoms with van der Waals surface area (Å²) in [6.45, 7) is 0. The molecule has 4 aromatic rings. The van der Waals surface area contributed by atoms with Crippen LogP contribution in [0.1, 0.15) is 23.2 Å². The number of fused-ring (bicyclic) bond motifs is 1. The molecule has 1 aliphatic carbocycles. The first-order valence-electron chi connectivity index (χ1n) is 13.2. The number of carboxylic acids is 2. The molecule has 0 aliphatic heterocycles. The summed E-state index contributed by atoms with van der Waals surface area (Å²) in [5.41, 5.74) is 4.60. The first-order valence-corrected chi connectivity index (χ1v) is 15.4. The number of carbonyl (C=O) groups is 2. The van der Waals surface area contributed by atoms with E-state index in [1.54, 1.807) is 6.08 Å². The summed E-state index contributed by atoms with van der Waals surface area (Å²) in [4.78, 5) is 33.9. The average Bonchev–Trinajstić information content (AvgIpc) is 3.02. The number of para-hydroxylation sites is 1. The van der Waals surface area contributed by atoms with Crippen molar-refractivity contribution in [3.8, 4) is 11.8 Å². The molecular weight excluding hydrogens is 796 g/mol. The molecule has 0 unspecified atom stereocenters. The molecular formula is C27H20K3N7O12S2. The standard InChI is InChI=1S/C27H23N7O12S2.3K/c35-22-20-12(10-19(47-46-45-41)21(22)34-33-17-8-4-2-6-15(17)24(38)39)9-13(48(42,43)44)11-18(20)29-26-30-25(31-27(40)32-26)28-16-7-3-1-5-14(16)23(36)37;;;/h1-2,4-6,8-11,33-35,41H,3,7H2,(H,36,37)(H,38,39)(H,42,43,44)(H3,28,29,30,31,32,40);;;/q;3*+1/p-3. The summed E-state index contributed by atoms with van der Waals surface area (Å²) < 4.78 is 40.7. The van der Waals surface area contributed by atoms with Crippen LogP contribution in [-0.4, -0.2) is 55.2 Å². The second kappa shape index (κ2) is 20.8. The Bertz CT molecular complexity index is 2130. The number of anilines is 5. The fourth-order valence-electron chi connectivity index (χ4n) is 4.58. The van der Waals surface area contributed by atoms with Gasteiger partial charge in [-0.2, -0.15) is 19.3 Å². The van der Waals surface area contributed by atoms with Crippen LogP contribution < -0.4 is 186 Å². The van der Waals surface area contributed by atoms with Crippen molar-refractivity contribution in [2.45, 2.75) is 22.6 Å². The fraction of sp³-hybridized carbons (Fsp3) is 0.0741. The molecule has 0 saturated carbocycles. The van der Waals surface area contributed by atoms with E-state index in [1.807, 2.05) is 0 Å². The fourth-order valence-corrected chi connectivity index (χ4v) is 5.62. The Balaban J connectivity index is 0.00000300. The number of aromatic hydroxyl groups is 2. The largest absolute Gasteiger partial charge is 1.00 e. The Morgan fingerprint density at radius 1 is 0.941 bits per heavy atom. The molecule has 3 aromatic carbocycles. The Morgan fingerprint density at radius 3 is 2.27 bits per heavy atom. The summed E-state index contributed by atoms with van der Waals surface area (Å²) in [5, 5.41) is 61.8. The first-order chi connectivity index (χ1) is 22.8. The molecule has 0 radical (unpaired) electrons. The SMILES string of the molecule is O=C([O-])C1=C(Nc2nc(O)nc(Nc3cc(S(=O)(=O)[O-])cc4cc(SOO[O-])c(NNc5ccccc5C(=O)O)c(O)c34)n2)CCC=C1.[K+].[K+].[K+]. The molecule has 1 aromatic heterocycles. The van der Waals surface area contributed by atoms with Crippen LogP contribution in [0.2, 0.25) is 0 Å². The van der Waals surface area contributed by atoms with E-state index in [9.17, 15) is 48.2 Å². The molecule has 24 heteroatoms. The molecule has 0 atom stereocenters. The van der Waals surface area contributed by atoms with Gasteiger partial charge >= 0.3 is 166 Å². The number of hydrazine groups is 1. The number of phenolic OH excluding ortho intramolecular Hbond substituents is 1. The summed E-state index contributed by atoms with van der Waals surface area (Å²) in [6, 6.07) is 7.84. The Labute approximate surface area is 420 Å². The van der Waals surface area contributed by atoms with Crippen LogP contribution in [0.25, 0.3) is 10.8 Å².